The topological polar surface area (TPSA) is 43.8 Å². The minimum Gasteiger partial charge on any atom is -0.384 e. The first-order valence-corrected chi connectivity index (χ1v) is 6.49. The second-order valence-corrected chi connectivity index (χ2v) is 5.47. The third kappa shape index (κ3) is 2.14. The van der Waals surface area contributed by atoms with E-state index < -0.39 is 0 Å². The summed E-state index contributed by atoms with van der Waals surface area (Å²) in [7, 11) is 1.77. The van der Waals surface area contributed by atoms with E-state index in [4.69, 9.17) is 5.73 Å². The molecule has 2 aromatic rings. The van der Waals surface area contributed by atoms with Crippen LogP contribution in [0.1, 0.15) is 25.3 Å². The summed E-state index contributed by atoms with van der Waals surface area (Å²) in [5, 5.41) is 4.33. The quantitative estimate of drug-likeness (QED) is 0.919. The molecule has 0 saturated heterocycles. The lowest BCUT2D eigenvalue weighted by molar-refractivity contribution is 0.628. The van der Waals surface area contributed by atoms with Gasteiger partial charge in [0.05, 0.1) is 0 Å². The number of nitrogen functional groups attached to an aromatic ring is 1. The zero-order chi connectivity index (χ0) is 13.4. The highest BCUT2D eigenvalue weighted by molar-refractivity contribution is 9.10. The maximum Gasteiger partial charge on any atom is 0.133 e. The smallest absolute Gasteiger partial charge is 0.133 e. The number of aryl methyl sites for hydroxylation is 1. The molecule has 0 fully saturated rings. The van der Waals surface area contributed by atoms with E-state index in [1.54, 1.807) is 23.9 Å². The molecule has 0 spiro atoms. The summed E-state index contributed by atoms with van der Waals surface area (Å²) in [5.41, 5.74) is 7.98. The molecule has 1 aromatic carbocycles. The van der Waals surface area contributed by atoms with Gasteiger partial charge >= 0.3 is 0 Å². The van der Waals surface area contributed by atoms with Gasteiger partial charge < -0.3 is 5.73 Å². The van der Waals surface area contributed by atoms with Crippen LogP contribution in [0.3, 0.4) is 0 Å². The number of hydrogen-bond donors (Lipinski definition) is 1. The van der Waals surface area contributed by atoms with Crippen LogP contribution in [0.5, 0.6) is 0 Å². The molecular weight excluding hydrogens is 297 g/mol. The summed E-state index contributed by atoms with van der Waals surface area (Å²) < 4.78 is 16.3. The van der Waals surface area contributed by atoms with Crippen LogP contribution in [-0.2, 0) is 7.05 Å². The van der Waals surface area contributed by atoms with Crippen molar-refractivity contribution < 1.29 is 4.39 Å². The molecule has 2 rings (SSSR count). The highest BCUT2D eigenvalue weighted by atomic mass is 79.9. The standard InChI is InChI=1S/C13H15BrFN3/c1-7(2)11-12(17-18(3)13(11)16)9-5-4-8(14)6-10(9)15/h4-7H,16H2,1-3H3. The van der Waals surface area contributed by atoms with Crippen LogP contribution in [0.25, 0.3) is 11.3 Å². The first-order chi connectivity index (χ1) is 8.41. The lowest BCUT2D eigenvalue weighted by Gasteiger charge is -2.08. The Morgan fingerprint density at radius 2 is 2.06 bits per heavy atom. The Balaban J connectivity index is 2.67. The maximum absolute atomic E-state index is 14.0. The lowest BCUT2D eigenvalue weighted by atomic mass is 9.98. The van der Waals surface area contributed by atoms with Gasteiger partial charge in [0.1, 0.15) is 17.3 Å². The van der Waals surface area contributed by atoms with Gasteiger partial charge in [0.25, 0.3) is 0 Å². The van der Waals surface area contributed by atoms with Crippen LogP contribution < -0.4 is 5.73 Å². The highest BCUT2D eigenvalue weighted by Crippen LogP contribution is 2.34. The molecule has 0 amide bonds. The number of hydrogen-bond acceptors (Lipinski definition) is 2. The lowest BCUT2D eigenvalue weighted by Crippen LogP contribution is -2.00. The van der Waals surface area contributed by atoms with E-state index in [0.29, 0.717) is 21.5 Å². The SMILES string of the molecule is CC(C)c1c(-c2ccc(Br)cc2F)nn(C)c1N. The van der Waals surface area contributed by atoms with E-state index in [9.17, 15) is 4.39 Å². The average Bonchev–Trinajstić information content (AvgIpc) is 2.55. The number of anilines is 1. The molecule has 0 atom stereocenters. The van der Waals surface area contributed by atoms with Crippen molar-refractivity contribution >= 4 is 21.7 Å². The summed E-state index contributed by atoms with van der Waals surface area (Å²) in [6.07, 6.45) is 0. The summed E-state index contributed by atoms with van der Waals surface area (Å²) in [6.45, 7) is 4.04. The first-order valence-electron chi connectivity index (χ1n) is 5.69. The molecule has 0 aliphatic rings. The van der Waals surface area contributed by atoms with Crippen LogP contribution in [0.2, 0.25) is 0 Å². The molecule has 0 bridgehead atoms. The van der Waals surface area contributed by atoms with Gasteiger partial charge in [0, 0.05) is 22.6 Å². The van der Waals surface area contributed by atoms with E-state index in [0.717, 1.165) is 5.56 Å². The van der Waals surface area contributed by atoms with Gasteiger partial charge in [-0.25, -0.2) is 4.39 Å². The van der Waals surface area contributed by atoms with Crippen molar-refractivity contribution in [3.63, 3.8) is 0 Å². The van der Waals surface area contributed by atoms with E-state index in [1.807, 2.05) is 13.8 Å². The van der Waals surface area contributed by atoms with Crippen molar-refractivity contribution in [1.82, 2.24) is 9.78 Å². The number of rotatable bonds is 2. The van der Waals surface area contributed by atoms with Crippen molar-refractivity contribution in [2.75, 3.05) is 5.73 Å². The second kappa shape index (κ2) is 4.72. The predicted octanol–water partition coefficient (Wildman–Crippen LogP) is 3.69. The number of benzene rings is 1. The Morgan fingerprint density at radius 1 is 1.39 bits per heavy atom. The summed E-state index contributed by atoms with van der Waals surface area (Å²) in [6, 6.07) is 4.95. The Labute approximate surface area is 114 Å². The normalized spacial score (nSPS) is 11.2. The minimum absolute atomic E-state index is 0.191. The molecule has 1 aromatic heterocycles. The monoisotopic (exact) mass is 311 g/mol. The molecular formula is C13H15BrFN3. The first kappa shape index (κ1) is 13.1. The van der Waals surface area contributed by atoms with Gasteiger partial charge in [-0.15, -0.1) is 0 Å². The van der Waals surface area contributed by atoms with E-state index in [-0.39, 0.29) is 11.7 Å². The zero-order valence-corrected chi connectivity index (χ0v) is 12.1. The van der Waals surface area contributed by atoms with Gasteiger partial charge in [-0.3, -0.25) is 4.68 Å². The fraction of sp³-hybridized carbons (Fsp3) is 0.308. The molecule has 5 heteroatoms. The summed E-state index contributed by atoms with van der Waals surface area (Å²) >= 11 is 3.25. The van der Waals surface area contributed by atoms with Crippen molar-refractivity contribution in [2.45, 2.75) is 19.8 Å². The largest absolute Gasteiger partial charge is 0.384 e. The van der Waals surface area contributed by atoms with E-state index in [1.165, 1.54) is 6.07 Å². The molecule has 0 saturated carbocycles. The molecule has 3 nitrogen and oxygen atoms in total. The molecule has 0 aliphatic heterocycles. The van der Waals surface area contributed by atoms with E-state index >= 15 is 0 Å². The van der Waals surface area contributed by atoms with Gasteiger partial charge in [-0.05, 0) is 24.1 Å². The van der Waals surface area contributed by atoms with Crippen molar-refractivity contribution in [1.29, 1.82) is 0 Å². The Kier molecular flexibility index (Phi) is 3.43. The third-order valence-electron chi connectivity index (χ3n) is 2.89. The Bertz CT molecular complexity index is 590. The molecule has 0 aliphatic carbocycles. The van der Waals surface area contributed by atoms with Crippen LogP contribution in [0.4, 0.5) is 10.2 Å². The zero-order valence-electron chi connectivity index (χ0n) is 10.5. The number of aromatic nitrogens is 2. The van der Waals surface area contributed by atoms with Gasteiger partial charge in [0.2, 0.25) is 0 Å². The van der Waals surface area contributed by atoms with Crippen LogP contribution in [-0.4, -0.2) is 9.78 Å². The molecule has 0 radical (unpaired) electrons. The molecule has 0 unspecified atom stereocenters. The van der Waals surface area contributed by atoms with Crippen molar-refractivity contribution in [2.24, 2.45) is 7.05 Å². The van der Waals surface area contributed by atoms with Crippen LogP contribution >= 0.6 is 15.9 Å². The average molecular weight is 312 g/mol. The fourth-order valence-corrected chi connectivity index (χ4v) is 2.34. The number of halogens is 2. The molecule has 1 heterocycles. The maximum atomic E-state index is 14.0. The Hall–Kier alpha value is -1.36. The van der Waals surface area contributed by atoms with Gasteiger partial charge in [-0.1, -0.05) is 29.8 Å². The molecule has 96 valence electrons. The molecule has 2 N–H and O–H groups in total. The fourth-order valence-electron chi connectivity index (χ4n) is 2.00. The Morgan fingerprint density at radius 3 is 2.61 bits per heavy atom. The highest BCUT2D eigenvalue weighted by Gasteiger charge is 2.20. The molecule has 18 heavy (non-hydrogen) atoms. The summed E-state index contributed by atoms with van der Waals surface area (Å²) in [4.78, 5) is 0. The minimum atomic E-state index is -0.302. The van der Waals surface area contributed by atoms with Crippen LogP contribution in [0, 0.1) is 5.82 Å². The third-order valence-corrected chi connectivity index (χ3v) is 3.39. The summed E-state index contributed by atoms with van der Waals surface area (Å²) in [5.74, 6) is 0.475. The van der Waals surface area contributed by atoms with Gasteiger partial charge in [-0.2, -0.15) is 5.10 Å². The van der Waals surface area contributed by atoms with Gasteiger partial charge in [0.15, 0.2) is 0 Å². The van der Waals surface area contributed by atoms with Crippen molar-refractivity contribution in [3.8, 4) is 11.3 Å². The van der Waals surface area contributed by atoms with Crippen molar-refractivity contribution in [3.05, 3.63) is 34.1 Å². The van der Waals surface area contributed by atoms with E-state index in [2.05, 4.69) is 21.0 Å². The number of nitrogens with zero attached hydrogens (tertiary/aromatic N) is 2. The number of nitrogens with two attached hydrogens (primary N) is 1. The van der Waals surface area contributed by atoms with Crippen LogP contribution in [0.15, 0.2) is 22.7 Å². The second-order valence-electron chi connectivity index (χ2n) is 4.55. The predicted molar refractivity (Wildman–Crippen MR) is 74.8 cm³/mol.